The van der Waals surface area contributed by atoms with E-state index < -0.39 is 0 Å². The molecule has 1 aliphatic carbocycles. The van der Waals surface area contributed by atoms with E-state index >= 15 is 0 Å². The molecule has 82 valence electrons. The molecule has 0 aromatic heterocycles. The minimum Gasteiger partial charge on any atom is -0.396 e. The van der Waals surface area contributed by atoms with E-state index in [1.54, 1.807) is 0 Å². The largest absolute Gasteiger partial charge is 0.396 e. The van der Waals surface area contributed by atoms with Crippen molar-refractivity contribution in [2.24, 2.45) is 5.92 Å². The molecule has 0 saturated heterocycles. The number of hydrogen-bond donors (Lipinski definition) is 1. The lowest BCUT2D eigenvalue weighted by molar-refractivity contribution is 0.330. The maximum absolute atomic E-state index is 13.0. The molecular weight excluding hydrogens is 189 g/mol. The van der Waals surface area contributed by atoms with Crippen LogP contribution in [0, 0.1) is 11.7 Å². The van der Waals surface area contributed by atoms with E-state index in [2.05, 4.69) is 6.92 Å². The Kier molecular flexibility index (Phi) is 2.94. The molecular formula is C13H18FN. The van der Waals surface area contributed by atoms with Crippen LogP contribution in [0.15, 0.2) is 18.2 Å². The highest BCUT2D eigenvalue weighted by Gasteiger charge is 2.23. The first-order valence-corrected chi connectivity index (χ1v) is 5.73. The van der Waals surface area contributed by atoms with Crippen LogP contribution in [0.4, 0.5) is 10.1 Å². The zero-order valence-electron chi connectivity index (χ0n) is 9.17. The second-order valence-corrected chi connectivity index (χ2v) is 4.65. The summed E-state index contributed by atoms with van der Waals surface area (Å²) in [7, 11) is 0. The summed E-state index contributed by atoms with van der Waals surface area (Å²) in [5, 5.41) is 0. The summed E-state index contributed by atoms with van der Waals surface area (Å²) < 4.78 is 13.0. The van der Waals surface area contributed by atoms with Crippen molar-refractivity contribution < 1.29 is 4.39 Å². The third-order valence-electron chi connectivity index (χ3n) is 3.56. The van der Waals surface area contributed by atoms with E-state index in [-0.39, 0.29) is 11.5 Å². The Morgan fingerprint density at radius 3 is 2.67 bits per heavy atom. The lowest BCUT2D eigenvalue weighted by atomic mass is 9.76. The van der Waals surface area contributed by atoms with Gasteiger partial charge in [-0.25, -0.2) is 4.39 Å². The van der Waals surface area contributed by atoms with Gasteiger partial charge in [-0.3, -0.25) is 0 Å². The van der Waals surface area contributed by atoms with Gasteiger partial charge in [-0.15, -0.1) is 0 Å². The monoisotopic (exact) mass is 207 g/mol. The third-order valence-corrected chi connectivity index (χ3v) is 3.56. The van der Waals surface area contributed by atoms with Crippen LogP contribution in [0.25, 0.3) is 0 Å². The van der Waals surface area contributed by atoms with Crippen molar-refractivity contribution in [2.45, 2.75) is 38.5 Å². The number of halogens is 1. The van der Waals surface area contributed by atoms with Gasteiger partial charge in [0.2, 0.25) is 0 Å². The topological polar surface area (TPSA) is 26.0 Å². The van der Waals surface area contributed by atoms with Crippen molar-refractivity contribution in [3.63, 3.8) is 0 Å². The highest BCUT2D eigenvalue weighted by atomic mass is 19.1. The SMILES string of the molecule is C[C@H]1CCCC[C@H]1c1ccc(F)c(N)c1. The molecule has 1 aliphatic rings. The van der Waals surface area contributed by atoms with Gasteiger partial charge in [0.15, 0.2) is 0 Å². The van der Waals surface area contributed by atoms with Gasteiger partial charge in [-0.05, 0) is 36.0 Å². The molecule has 0 aliphatic heterocycles. The summed E-state index contributed by atoms with van der Waals surface area (Å²) >= 11 is 0. The molecule has 0 bridgehead atoms. The normalized spacial score (nSPS) is 26.5. The average molecular weight is 207 g/mol. The molecule has 1 nitrogen and oxygen atoms in total. The zero-order chi connectivity index (χ0) is 10.8. The third kappa shape index (κ3) is 2.14. The Morgan fingerprint density at radius 2 is 2.00 bits per heavy atom. The first-order valence-electron chi connectivity index (χ1n) is 5.73. The zero-order valence-corrected chi connectivity index (χ0v) is 9.17. The van der Waals surface area contributed by atoms with Crippen LogP contribution >= 0.6 is 0 Å². The maximum Gasteiger partial charge on any atom is 0.146 e. The number of nitrogen functional groups attached to an aromatic ring is 1. The number of anilines is 1. The van der Waals surface area contributed by atoms with Crippen LogP contribution in [-0.4, -0.2) is 0 Å². The van der Waals surface area contributed by atoms with Crippen LogP contribution in [0.2, 0.25) is 0 Å². The summed E-state index contributed by atoms with van der Waals surface area (Å²) in [6.45, 7) is 2.28. The van der Waals surface area contributed by atoms with Crippen molar-refractivity contribution >= 4 is 5.69 Å². The highest BCUT2D eigenvalue weighted by Crippen LogP contribution is 2.38. The highest BCUT2D eigenvalue weighted by molar-refractivity contribution is 5.43. The summed E-state index contributed by atoms with van der Waals surface area (Å²) in [5.41, 5.74) is 7.09. The Bertz CT molecular complexity index is 348. The van der Waals surface area contributed by atoms with Gasteiger partial charge in [0.25, 0.3) is 0 Å². The molecule has 0 unspecified atom stereocenters. The van der Waals surface area contributed by atoms with Gasteiger partial charge in [0.1, 0.15) is 5.82 Å². The lowest BCUT2D eigenvalue weighted by Gasteiger charge is -2.29. The molecule has 2 atom stereocenters. The Labute approximate surface area is 90.5 Å². The first-order chi connectivity index (χ1) is 7.18. The molecule has 1 saturated carbocycles. The standard InChI is InChI=1S/C13H18FN/c1-9-4-2-3-5-11(9)10-6-7-12(14)13(15)8-10/h6-9,11H,2-5,15H2,1H3/t9-,11+/m0/s1. The van der Waals surface area contributed by atoms with E-state index in [0.29, 0.717) is 11.8 Å². The number of nitrogens with two attached hydrogens (primary N) is 1. The number of hydrogen-bond acceptors (Lipinski definition) is 1. The summed E-state index contributed by atoms with van der Waals surface area (Å²) in [6, 6.07) is 5.19. The van der Waals surface area contributed by atoms with E-state index in [0.717, 1.165) is 0 Å². The summed E-state index contributed by atoms with van der Waals surface area (Å²) in [6.07, 6.45) is 5.11. The summed E-state index contributed by atoms with van der Waals surface area (Å²) in [5.74, 6) is 0.965. The van der Waals surface area contributed by atoms with Crippen molar-refractivity contribution in [1.29, 1.82) is 0 Å². The predicted octanol–water partition coefficient (Wildman–Crippen LogP) is 3.70. The fourth-order valence-corrected chi connectivity index (χ4v) is 2.60. The van der Waals surface area contributed by atoms with Crippen molar-refractivity contribution in [2.75, 3.05) is 5.73 Å². The van der Waals surface area contributed by atoms with Gasteiger partial charge in [0, 0.05) is 0 Å². The smallest absolute Gasteiger partial charge is 0.146 e. The van der Waals surface area contributed by atoms with E-state index in [9.17, 15) is 4.39 Å². The molecule has 2 N–H and O–H groups in total. The predicted molar refractivity (Wildman–Crippen MR) is 61.2 cm³/mol. The molecule has 0 amide bonds. The Hall–Kier alpha value is -1.05. The second-order valence-electron chi connectivity index (χ2n) is 4.65. The fraction of sp³-hybridized carbons (Fsp3) is 0.538. The minimum absolute atomic E-state index is 0.283. The second kappa shape index (κ2) is 4.21. The molecule has 0 radical (unpaired) electrons. The van der Waals surface area contributed by atoms with E-state index in [1.807, 2.05) is 12.1 Å². The van der Waals surface area contributed by atoms with Gasteiger partial charge < -0.3 is 5.73 Å². The van der Waals surface area contributed by atoms with Crippen LogP contribution < -0.4 is 5.73 Å². The Balaban J connectivity index is 2.24. The van der Waals surface area contributed by atoms with E-state index in [4.69, 9.17) is 5.73 Å². The number of rotatable bonds is 1. The van der Waals surface area contributed by atoms with Crippen LogP contribution in [-0.2, 0) is 0 Å². The number of benzene rings is 1. The molecule has 1 aromatic carbocycles. The van der Waals surface area contributed by atoms with Gasteiger partial charge >= 0.3 is 0 Å². The van der Waals surface area contributed by atoms with Gasteiger partial charge in [-0.2, -0.15) is 0 Å². The molecule has 1 aromatic rings. The molecule has 15 heavy (non-hydrogen) atoms. The van der Waals surface area contributed by atoms with E-state index in [1.165, 1.54) is 37.3 Å². The average Bonchev–Trinajstić information content (AvgIpc) is 2.23. The van der Waals surface area contributed by atoms with Gasteiger partial charge in [-0.1, -0.05) is 32.3 Å². The Morgan fingerprint density at radius 1 is 1.27 bits per heavy atom. The van der Waals surface area contributed by atoms with Crippen LogP contribution in [0.1, 0.15) is 44.1 Å². The minimum atomic E-state index is -0.304. The molecule has 2 heteroatoms. The molecule has 0 spiro atoms. The van der Waals surface area contributed by atoms with Crippen molar-refractivity contribution in [3.05, 3.63) is 29.6 Å². The van der Waals surface area contributed by atoms with Crippen LogP contribution in [0.5, 0.6) is 0 Å². The summed E-state index contributed by atoms with van der Waals surface area (Å²) in [4.78, 5) is 0. The fourth-order valence-electron chi connectivity index (χ4n) is 2.60. The van der Waals surface area contributed by atoms with Crippen LogP contribution in [0.3, 0.4) is 0 Å². The molecule has 2 rings (SSSR count). The van der Waals surface area contributed by atoms with Gasteiger partial charge in [0.05, 0.1) is 5.69 Å². The quantitative estimate of drug-likeness (QED) is 0.698. The lowest BCUT2D eigenvalue weighted by Crippen LogP contribution is -2.15. The van der Waals surface area contributed by atoms with Crippen molar-refractivity contribution in [1.82, 2.24) is 0 Å². The first kappa shape index (κ1) is 10.5. The van der Waals surface area contributed by atoms with Crippen molar-refractivity contribution in [3.8, 4) is 0 Å². The molecule has 0 heterocycles. The maximum atomic E-state index is 13.0. The molecule has 1 fully saturated rings.